The molecular formula is C23H29FN2O2. The zero-order chi connectivity index (χ0) is 19.9. The third-order valence-electron chi connectivity index (χ3n) is 4.96. The fraction of sp³-hybridized carbons (Fsp3) is 0.435. The number of carbonyl (C=O) groups is 1. The largest absolute Gasteiger partial charge is 0.491 e. The molecular weight excluding hydrogens is 355 g/mol. The number of hydrogen-bond acceptors (Lipinski definition) is 3. The quantitative estimate of drug-likeness (QED) is 0.780. The maximum absolute atomic E-state index is 13.1. The van der Waals surface area contributed by atoms with Crippen LogP contribution in [0.5, 0.6) is 5.75 Å². The SMILES string of the molecule is CC(C)Oc1ccc(CNC(=O)C2CCCN(Cc3ccc(F)cc3)C2)cc1. The molecule has 1 atom stereocenters. The van der Waals surface area contributed by atoms with Gasteiger partial charge in [0, 0.05) is 19.6 Å². The summed E-state index contributed by atoms with van der Waals surface area (Å²) >= 11 is 0. The van der Waals surface area contributed by atoms with Crippen LogP contribution in [0.15, 0.2) is 48.5 Å². The lowest BCUT2D eigenvalue weighted by Gasteiger charge is -2.32. The second kappa shape index (κ2) is 9.69. The van der Waals surface area contributed by atoms with Crippen LogP contribution in [0.1, 0.15) is 37.8 Å². The van der Waals surface area contributed by atoms with Gasteiger partial charge in [-0.15, -0.1) is 0 Å². The third-order valence-corrected chi connectivity index (χ3v) is 4.96. The number of carbonyl (C=O) groups excluding carboxylic acids is 1. The van der Waals surface area contributed by atoms with E-state index in [1.807, 2.05) is 50.2 Å². The second-order valence-corrected chi connectivity index (χ2v) is 7.73. The first-order valence-corrected chi connectivity index (χ1v) is 9.99. The Morgan fingerprint density at radius 1 is 1.14 bits per heavy atom. The van der Waals surface area contributed by atoms with Crippen LogP contribution in [-0.2, 0) is 17.9 Å². The highest BCUT2D eigenvalue weighted by molar-refractivity contribution is 5.79. The zero-order valence-corrected chi connectivity index (χ0v) is 16.7. The zero-order valence-electron chi connectivity index (χ0n) is 16.7. The number of amides is 1. The van der Waals surface area contributed by atoms with Crippen LogP contribution in [-0.4, -0.2) is 30.0 Å². The lowest BCUT2D eigenvalue weighted by molar-refractivity contribution is -0.126. The fourth-order valence-corrected chi connectivity index (χ4v) is 3.55. The molecule has 150 valence electrons. The van der Waals surface area contributed by atoms with Crippen molar-refractivity contribution in [1.82, 2.24) is 10.2 Å². The minimum atomic E-state index is -0.219. The highest BCUT2D eigenvalue weighted by Crippen LogP contribution is 2.19. The van der Waals surface area contributed by atoms with Crippen LogP contribution in [0.2, 0.25) is 0 Å². The topological polar surface area (TPSA) is 41.6 Å². The fourth-order valence-electron chi connectivity index (χ4n) is 3.55. The third kappa shape index (κ3) is 6.06. The molecule has 1 heterocycles. The number of nitrogens with one attached hydrogen (secondary N) is 1. The van der Waals surface area contributed by atoms with Gasteiger partial charge in [0.1, 0.15) is 11.6 Å². The van der Waals surface area contributed by atoms with E-state index in [1.54, 1.807) is 0 Å². The molecule has 0 aliphatic carbocycles. The van der Waals surface area contributed by atoms with E-state index in [4.69, 9.17) is 4.74 Å². The number of piperidine rings is 1. The summed E-state index contributed by atoms with van der Waals surface area (Å²) in [5.74, 6) is 0.723. The Hall–Kier alpha value is -2.40. The van der Waals surface area contributed by atoms with Gasteiger partial charge in [-0.3, -0.25) is 9.69 Å². The normalized spacial score (nSPS) is 17.5. The number of hydrogen-bond donors (Lipinski definition) is 1. The van der Waals surface area contributed by atoms with Crippen molar-refractivity contribution in [2.24, 2.45) is 5.92 Å². The molecule has 5 heteroatoms. The molecule has 0 aromatic heterocycles. The van der Waals surface area contributed by atoms with Gasteiger partial charge in [0.25, 0.3) is 0 Å². The van der Waals surface area contributed by atoms with Gasteiger partial charge in [-0.1, -0.05) is 24.3 Å². The highest BCUT2D eigenvalue weighted by atomic mass is 19.1. The van der Waals surface area contributed by atoms with Gasteiger partial charge in [-0.25, -0.2) is 4.39 Å². The average Bonchev–Trinajstić information content (AvgIpc) is 2.69. The molecule has 1 aliphatic heterocycles. The Kier molecular flexibility index (Phi) is 7.04. The summed E-state index contributed by atoms with van der Waals surface area (Å²) in [5.41, 5.74) is 2.13. The van der Waals surface area contributed by atoms with E-state index < -0.39 is 0 Å². The van der Waals surface area contributed by atoms with Gasteiger partial charge in [0.2, 0.25) is 5.91 Å². The monoisotopic (exact) mass is 384 g/mol. The Labute approximate surface area is 166 Å². The van der Waals surface area contributed by atoms with Crippen molar-refractivity contribution in [3.63, 3.8) is 0 Å². The summed E-state index contributed by atoms with van der Waals surface area (Å²) < 4.78 is 18.7. The number of nitrogens with zero attached hydrogens (tertiary/aromatic N) is 1. The summed E-state index contributed by atoms with van der Waals surface area (Å²) in [6.07, 6.45) is 2.06. The molecule has 28 heavy (non-hydrogen) atoms. The van der Waals surface area contributed by atoms with Gasteiger partial charge in [-0.05, 0) is 68.6 Å². The molecule has 2 aromatic rings. The molecule has 1 saturated heterocycles. The van der Waals surface area contributed by atoms with Crippen molar-refractivity contribution in [3.8, 4) is 5.75 Å². The highest BCUT2D eigenvalue weighted by Gasteiger charge is 2.25. The number of benzene rings is 2. The number of likely N-dealkylation sites (tertiary alicyclic amines) is 1. The summed E-state index contributed by atoms with van der Waals surface area (Å²) in [7, 11) is 0. The van der Waals surface area contributed by atoms with Crippen LogP contribution in [0.3, 0.4) is 0 Å². The molecule has 1 aliphatic rings. The molecule has 3 rings (SSSR count). The van der Waals surface area contributed by atoms with Gasteiger partial charge >= 0.3 is 0 Å². The van der Waals surface area contributed by atoms with Crippen molar-refractivity contribution in [3.05, 3.63) is 65.5 Å². The molecule has 0 radical (unpaired) electrons. The summed E-state index contributed by atoms with van der Waals surface area (Å²) in [6, 6.07) is 14.4. The van der Waals surface area contributed by atoms with Gasteiger partial charge in [0.05, 0.1) is 12.0 Å². The molecule has 0 saturated carbocycles. The Balaban J connectivity index is 1.47. The van der Waals surface area contributed by atoms with E-state index in [0.29, 0.717) is 6.54 Å². The minimum absolute atomic E-state index is 0.00209. The van der Waals surface area contributed by atoms with Crippen molar-refractivity contribution < 1.29 is 13.9 Å². The predicted octanol–water partition coefficient (Wildman–Crippen LogP) is 4.14. The number of halogens is 1. The molecule has 1 fully saturated rings. The van der Waals surface area contributed by atoms with Crippen LogP contribution in [0.25, 0.3) is 0 Å². The predicted molar refractivity (Wildman–Crippen MR) is 108 cm³/mol. The lowest BCUT2D eigenvalue weighted by atomic mass is 9.96. The Bertz CT molecular complexity index is 759. The van der Waals surface area contributed by atoms with E-state index in [2.05, 4.69) is 10.2 Å². The molecule has 1 N–H and O–H groups in total. The van der Waals surface area contributed by atoms with Crippen molar-refractivity contribution in [1.29, 1.82) is 0 Å². The van der Waals surface area contributed by atoms with Crippen molar-refractivity contribution in [2.45, 2.75) is 45.9 Å². The Morgan fingerprint density at radius 2 is 1.82 bits per heavy atom. The van der Waals surface area contributed by atoms with Crippen molar-refractivity contribution >= 4 is 5.91 Å². The molecule has 2 aromatic carbocycles. The summed E-state index contributed by atoms with van der Waals surface area (Å²) in [5, 5.41) is 3.06. The molecule has 1 amide bonds. The lowest BCUT2D eigenvalue weighted by Crippen LogP contribution is -2.42. The first-order chi connectivity index (χ1) is 13.5. The van der Waals surface area contributed by atoms with Gasteiger partial charge < -0.3 is 10.1 Å². The van der Waals surface area contributed by atoms with Crippen LogP contribution >= 0.6 is 0 Å². The van der Waals surface area contributed by atoms with E-state index in [1.165, 1.54) is 12.1 Å². The molecule has 0 spiro atoms. The average molecular weight is 384 g/mol. The molecule has 1 unspecified atom stereocenters. The molecule has 4 nitrogen and oxygen atoms in total. The first-order valence-electron chi connectivity index (χ1n) is 9.99. The van der Waals surface area contributed by atoms with E-state index in [-0.39, 0.29) is 23.7 Å². The van der Waals surface area contributed by atoms with Gasteiger partial charge in [0.15, 0.2) is 0 Å². The van der Waals surface area contributed by atoms with Crippen LogP contribution in [0.4, 0.5) is 4.39 Å². The maximum Gasteiger partial charge on any atom is 0.224 e. The first kappa shape index (κ1) is 20.3. The maximum atomic E-state index is 13.1. The van der Waals surface area contributed by atoms with Gasteiger partial charge in [-0.2, -0.15) is 0 Å². The Morgan fingerprint density at radius 3 is 2.50 bits per heavy atom. The number of rotatable bonds is 7. The van der Waals surface area contributed by atoms with Crippen LogP contribution < -0.4 is 10.1 Å². The summed E-state index contributed by atoms with van der Waals surface area (Å²) in [6.45, 7) is 6.98. The second-order valence-electron chi connectivity index (χ2n) is 7.73. The van der Waals surface area contributed by atoms with E-state index in [0.717, 1.165) is 49.4 Å². The summed E-state index contributed by atoms with van der Waals surface area (Å²) in [4.78, 5) is 14.9. The minimum Gasteiger partial charge on any atom is -0.491 e. The molecule has 0 bridgehead atoms. The van der Waals surface area contributed by atoms with E-state index in [9.17, 15) is 9.18 Å². The van der Waals surface area contributed by atoms with Crippen molar-refractivity contribution in [2.75, 3.05) is 13.1 Å². The smallest absolute Gasteiger partial charge is 0.224 e. The number of ether oxygens (including phenoxy) is 1. The standard InChI is InChI=1S/C23H29FN2O2/c1-17(2)28-22-11-7-18(8-12-22)14-25-23(27)20-4-3-13-26(16-20)15-19-5-9-21(24)10-6-19/h5-12,17,20H,3-4,13-16H2,1-2H3,(H,25,27). The van der Waals surface area contributed by atoms with Crippen LogP contribution in [0, 0.1) is 11.7 Å². The van der Waals surface area contributed by atoms with E-state index >= 15 is 0 Å².